The van der Waals surface area contributed by atoms with Gasteiger partial charge in [0.1, 0.15) is 5.82 Å². The van der Waals surface area contributed by atoms with E-state index in [2.05, 4.69) is 16.5 Å². The molecular weight excluding hydrogens is 441 g/mol. The average molecular weight is 472 g/mol. The van der Waals surface area contributed by atoms with Crippen LogP contribution in [0.3, 0.4) is 0 Å². The second-order valence-electron chi connectivity index (χ2n) is 9.29. The number of rotatable bonds is 6. The number of piperidine rings is 1. The zero-order chi connectivity index (χ0) is 23.8. The highest BCUT2D eigenvalue weighted by Gasteiger charge is 2.46. The van der Waals surface area contributed by atoms with Crippen LogP contribution in [0.5, 0.6) is 0 Å². The highest BCUT2D eigenvalue weighted by molar-refractivity contribution is 7.89. The minimum absolute atomic E-state index is 0.128. The molecule has 1 fully saturated rings. The maximum absolute atomic E-state index is 13.9. The lowest BCUT2D eigenvalue weighted by Crippen LogP contribution is -2.56. The molecule has 8 heteroatoms. The van der Waals surface area contributed by atoms with Gasteiger partial charge in [-0.05, 0) is 69.5 Å². The van der Waals surface area contributed by atoms with Gasteiger partial charge < -0.3 is 0 Å². The number of anilines is 1. The topological polar surface area (TPSA) is 69.7 Å². The molecule has 33 heavy (non-hydrogen) atoms. The van der Waals surface area contributed by atoms with Crippen molar-refractivity contribution in [1.29, 1.82) is 0 Å². The number of nitrogens with zero attached hydrogens (tertiary/aromatic N) is 2. The summed E-state index contributed by atoms with van der Waals surface area (Å²) in [7, 11) is -3.55. The molecule has 0 radical (unpaired) electrons. The molecule has 0 unspecified atom stereocenters. The Bertz CT molecular complexity index is 1180. The quantitative estimate of drug-likeness (QED) is 0.695. The van der Waals surface area contributed by atoms with Gasteiger partial charge in [-0.25, -0.2) is 17.5 Å². The number of hydrogen-bond donors (Lipinski definition) is 1. The molecule has 6 nitrogen and oxygen atoms in total. The molecule has 1 saturated heterocycles. The molecule has 2 heterocycles. The van der Waals surface area contributed by atoms with E-state index in [4.69, 9.17) is 0 Å². The highest BCUT2D eigenvalue weighted by atomic mass is 32.2. The second-order valence-corrected chi connectivity index (χ2v) is 11.0. The van der Waals surface area contributed by atoms with E-state index in [1.54, 1.807) is 55.2 Å². The van der Waals surface area contributed by atoms with Crippen molar-refractivity contribution < 1.29 is 17.6 Å². The van der Waals surface area contributed by atoms with Crippen LogP contribution in [0.2, 0.25) is 0 Å². The summed E-state index contributed by atoms with van der Waals surface area (Å²) >= 11 is 0. The number of likely N-dealkylation sites (tertiary alicyclic amines) is 1. The number of carbonyl (C=O) groups excluding carboxylic acids is 1. The van der Waals surface area contributed by atoms with Crippen molar-refractivity contribution in [2.75, 3.05) is 11.4 Å². The van der Waals surface area contributed by atoms with E-state index in [-0.39, 0.29) is 28.7 Å². The van der Waals surface area contributed by atoms with Crippen LogP contribution in [0.15, 0.2) is 65.6 Å². The van der Waals surface area contributed by atoms with E-state index in [9.17, 15) is 17.6 Å². The fraction of sp³-hybridized carbons (Fsp3) is 0.400. The molecule has 2 aromatic rings. The van der Waals surface area contributed by atoms with Gasteiger partial charge >= 0.3 is 0 Å². The summed E-state index contributed by atoms with van der Waals surface area (Å²) in [6.07, 6.45) is 4.96. The van der Waals surface area contributed by atoms with Crippen LogP contribution >= 0.6 is 0 Å². The van der Waals surface area contributed by atoms with E-state index in [1.165, 1.54) is 12.1 Å². The molecule has 1 spiro atoms. The lowest BCUT2D eigenvalue weighted by atomic mass is 9.82. The van der Waals surface area contributed by atoms with Gasteiger partial charge in [-0.3, -0.25) is 14.6 Å². The fourth-order valence-electron chi connectivity index (χ4n) is 4.91. The first-order valence-electron chi connectivity index (χ1n) is 11.2. The maximum Gasteiger partial charge on any atom is 0.251 e. The number of benzene rings is 2. The Morgan fingerprint density at radius 3 is 2.64 bits per heavy atom. The smallest absolute Gasteiger partial charge is 0.251 e. The molecule has 1 N–H and O–H groups in total. The monoisotopic (exact) mass is 471 g/mol. The Balaban J connectivity index is 1.51. The molecule has 0 saturated carbocycles. The van der Waals surface area contributed by atoms with Gasteiger partial charge in [-0.1, -0.05) is 24.3 Å². The summed E-state index contributed by atoms with van der Waals surface area (Å²) in [6.45, 7) is 7.04. The first kappa shape index (κ1) is 23.6. The first-order chi connectivity index (χ1) is 15.6. The third-order valence-corrected chi connectivity index (χ3v) is 8.01. The van der Waals surface area contributed by atoms with Crippen LogP contribution in [0, 0.1) is 5.82 Å². The second kappa shape index (κ2) is 9.00. The van der Waals surface area contributed by atoms with E-state index < -0.39 is 15.6 Å². The molecule has 0 aliphatic carbocycles. The number of hydrogen-bond acceptors (Lipinski definition) is 4. The fourth-order valence-corrected chi connectivity index (χ4v) is 6.23. The van der Waals surface area contributed by atoms with E-state index >= 15 is 0 Å². The van der Waals surface area contributed by atoms with Crippen molar-refractivity contribution >= 4 is 21.6 Å². The van der Waals surface area contributed by atoms with Crippen LogP contribution in [0.1, 0.15) is 39.2 Å². The van der Waals surface area contributed by atoms with Gasteiger partial charge in [-0.15, -0.1) is 0 Å². The average Bonchev–Trinajstić information content (AvgIpc) is 3.05. The number of sulfonamides is 1. The van der Waals surface area contributed by atoms with Gasteiger partial charge in [0.2, 0.25) is 10.0 Å². The van der Waals surface area contributed by atoms with Crippen LogP contribution in [0.25, 0.3) is 0 Å². The third-order valence-electron chi connectivity index (χ3n) is 6.36. The zero-order valence-electron chi connectivity index (χ0n) is 19.2. The van der Waals surface area contributed by atoms with Crippen molar-refractivity contribution in [1.82, 2.24) is 9.62 Å². The Kier molecular flexibility index (Phi) is 6.44. The Hall–Kier alpha value is -2.55. The molecule has 0 bridgehead atoms. The first-order valence-corrected chi connectivity index (χ1v) is 12.7. The molecule has 0 aromatic heterocycles. The van der Waals surface area contributed by atoms with Crippen LogP contribution < -0.4 is 9.62 Å². The number of halogens is 1. The Morgan fingerprint density at radius 1 is 1.18 bits per heavy atom. The number of amides is 1. The minimum atomic E-state index is -3.55. The summed E-state index contributed by atoms with van der Waals surface area (Å²) in [5.74, 6) is -0.494. The molecular formula is C25H30FN3O3S. The Morgan fingerprint density at radius 2 is 1.94 bits per heavy atom. The Labute approximate surface area is 195 Å². The SMILES string of the molecule is CC(C)NS(=O)(=O)c1cccc(CN2CC[C@@]3(C=CC(=O)N3c3cccc(F)c3)C[C@H]2C)c1. The maximum atomic E-state index is 13.9. The molecule has 1 amide bonds. The summed E-state index contributed by atoms with van der Waals surface area (Å²) in [5, 5.41) is 0. The van der Waals surface area contributed by atoms with Gasteiger partial charge in [0.25, 0.3) is 5.91 Å². The van der Waals surface area contributed by atoms with Crippen molar-refractivity contribution in [3.63, 3.8) is 0 Å². The lowest BCUT2D eigenvalue weighted by molar-refractivity contribution is -0.114. The van der Waals surface area contributed by atoms with Crippen molar-refractivity contribution in [2.24, 2.45) is 0 Å². The van der Waals surface area contributed by atoms with Crippen LogP contribution in [-0.4, -0.2) is 43.4 Å². The van der Waals surface area contributed by atoms with Gasteiger partial charge in [0, 0.05) is 36.9 Å². The van der Waals surface area contributed by atoms with Crippen molar-refractivity contribution in [3.8, 4) is 0 Å². The molecule has 2 aliphatic heterocycles. The summed E-state index contributed by atoms with van der Waals surface area (Å²) in [5.41, 5.74) is 1.01. The van der Waals surface area contributed by atoms with Crippen LogP contribution in [0.4, 0.5) is 10.1 Å². The van der Waals surface area contributed by atoms with Gasteiger partial charge in [0.15, 0.2) is 0 Å². The predicted molar refractivity (Wildman–Crippen MR) is 127 cm³/mol. The zero-order valence-corrected chi connectivity index (χ0v) is 20.0. The largest absolute Gasteiger partial charge is 0.299 e. The number of nitrogens with one attached hydrogen (secondary N) is 1. The molecule has 2 atom stereocenters. The summed E-state index contributed by atoms with van der Waals surface area (Å²) in [6, 6.07) is 13.2. The normalized spacial score (nSPS) is 23.7. The molecule has 2 aromatic carbocycles. The van der Waals surface area contributed by atoms with Crippen molar-refractivity contribution in [2.45, 2.75) is 62.7 Å². The predicted octanol–water partition coefficient (Wildman–Crippen LogP) is 3.84. The summed E-state index contributed by atoms with van der Waals surface area (Å²) in [4.78, 5) is 17.0. The highest BCUT2D eigenvalue weighted by Crippen LogP contribution is 2.40. The minimum Gasteiger partial charge on any atom is -0.299 e. The third kappa shape index (κ3) is 4.88. The van der Waals surface area contributed by atoms with E-state index in [0.29, 0.717) is 25.1 Å². The van der Waals surface area contributed by atoms with Crippen LogP contribution in [-0.2, 0) is 21.4 Å². The number of carbonyl (C=O) groups is 1. The summed E-state index contributed by atoms with van der Waals surface area (Å²) < 4.78 is 41.6. The van der Waals surface area contributed by atoms with Gasteiger partial charge in [-0.2, -0.15) is 0 Å². The van der Waals surface area contributed by atoms with E-state index in [0.717, 1.165) is 12.1 Å². The molecule has 176 valence electrons. The molecule has 2 aliphatic rings. The van der Waals surface area contributed by atoms with E-state index in [1.807, 2.05) is 12.1 Å². The van der Waals surface area contributed by atoms with Crippen molar-refractivity contribution in [3.05, 3.63) is 72.1 Å². The van der Waals surface area contributed by atoms with Gasteiger partial charge in [0.05, 0.1) is 10.4 Å². The molecule has 4 rings (SSSR count). The standard InChI is InChI=1S/C25H30FN3O3S/c1-18(2)27-33(31,32)23-9-4-6-20(14-23)17-28-13-12-25(16-19(28)3)11-10-24(30)29(25)22-8-5-7-21(26)15-22/h4-11,14-15,18-19,27H,12-13,16-17H2,1-3H3/t19-,25+/m1/s1. The lowest BCUT2D eigenvalue weighted by Gasteiger charge is -2.47.